The largest absolute Gasteiger partial charge is 0.496 e. The van der Waals surface area contributed by atoms with Crippen LogP contribution in [0.15, 0.2) is 25.0 Å². The third kappa shape index (κ3) is 15.4. The number of rotatable bonds is 0. The van der Waals surface area contributed by atoms with Crippen LogP contribution in [0.1, 0.15) is 0 Å². The monoisotopic (exact) mass is 348 g/mol. The molecule has 0 aromatic carbocycles. The highest BCUT2D eigenvalue weighted by molar-refractivity contribution is 4.61. The van der Waals surface area contributed by atoms with E-state index < -0.39 is 0 Å². The fourth-order valence-corrected chi connectivity index (χ4v) is 1.50. The fourth-order valence-electron chi connectivity index (χ4n) is 1.50. The number of ether oxygens (including phenoxy) is 8. The van der Waals surface area contributed by atoms with E-state index in [1.165, 1.54) is 25.0 Å². The molecule has 0 bridgehead atoms. The highest BCUT2D eigenvalue weighted by Gasteiger charge is 1.92. The molecule has 1 aliphatic rings. The SMILES string of the molecule is C1=COCCOCCOCCOC=COCCOCCOCCO1. The molecule has 0 atom stereocenters. The van der Waals surface area contributed by atoms with Crippen molar-refractivity contribution in [1.29, 1.82) is 0 Å². The molecule has 140 valence electrons. The predicted octanol–water partition coefficient (Wildman–Crippen LogP) is 1.08. The van der Waals surface area contributed by atoms with Crippen molar-refractivity contribution in [3.63, 3.8) is 0 Å². The van der Waals surface area contributed by atoms with Crippen LogP contribution in [-0.4, -0.2) is 79.3 Å². The lowest BCUT2D eigenvalue weighted by Crippen LogP contribution is -2.11. The van der Waals surface area contributed by atoms with Crippen molar-refractivity contribution in [2.24, 2.45) is 0 Å². The predicted molar refractivity (Wildman–Crippen MR) is 85.4 cm³/mol. The summed E-state index contributed by atoms with van der Waals surface area (Å²) in [5.41, 5.74) is 0. The van der Waals surface area contributed by atoms with Gasteiger partial charge in [-0.15, -0.1) is 0 Å². The van der Waals surface area contributed by atoms with Gasteiger partial charge in [-0.25, -0.2) is 0 Å². The molecule has 0 N–H and O–H groups in total. The molecule has 0 aromatic rings. The molecule has 0 aliphatic carbocycles. The maximum absolute atomic E-state index is 5.34. The molecule has 24 heavy (non-hydrogen) atoms. The summed E-state index contributed by atoms with van der Waals surface area (Å²) in [6.07, 6.45) is 5.97. The van der Waals surface area contributed by atoms with Gasteiger partial charge in [0.15, 0.2) is 0 Å². The number of hydrogen-bond donors (Lipinski definition) is 0. The minimum Gasteiger partial charge on any atom is -0.496 e. The van der Waals surface area contributed by atoms with E-state index in [-0.39, 0.29) is 0 Å². The summed E-state index contributed by atoms with van der Waals surface area (Å²) >= 11 is 0. The molecule has 1 rings (SSSR count). The van der Waals surface area contributed by atoms with Gasteiger partial charge in [0.25, 0.3) is 0 Å². The van der Waals surface area contributed by atoms with Crippen LogP contribution < -0.4 is 0 Å². The lowest BCUT2D eigenvalue weighted by atomic mass is 10.7. The minimum absolute atomic E-state index is 0.460. The van der Waals surface area contributed by atoms with Crippen molar-refractivity contribution >= 4 is 0 Å². The van der Waals surface area contributed by atoms with E-state index in [9.17, 15) is 0 Å². The molecule has 0 fully saturated rings. The zero-order chi connectivity index (χ0) is 17.0. The Morgan fingerprint density at radius 2 is 0.500 bits per heavy atom. The average molecular weight is 348 g/mol. The molecule has 0 radical (unpaired) electrons. The maximum atomic E-state index is 5.34. The highest BCUT2D eigenvalue weighted by Crippen LogP contribution is 1.88. The quantitative estimate of drug-likeness (QED) is 0.644. The first-order chi connectivity index (χ1) is 12.0. The molecule has 0 saturated heterocycles. The Morgan fingerprint density at radius 1 is 0.292 bits per heavy atom. The van der Waals surface area contributed by atoms with E-state index in [0.29, 0.717) is 79.3 Å². The van der Waals surface area contributed by atoms with E-state index in [2.05, 4.69) is 0 Å². The van der Waals surface area contributed by atoms with Crippen LogP contribution in [-0.2, 0) is 37.9 Å². The first-order valence-corrected chi connectivity index (χ1v) is 8.07. The lowest BCUT2D eigenvalue weighted by molar-refractivity contribution is 0.0116. The standard InChI is InChI=1S/C16H28O8/c1-2-18-5-6-20-9-10-22-13-14-24-16-15-23-12-11-21-8-7-19-4-3-17-1/h1-2,15-16H,3-14H2. The van der Waals surface area contributed by atoms with Gasteiger partial charge in [0.2, 0.25) is 0 Å². The van der Waals surface area contributed by atoms with E-state index in [0.717, 1.165) is 0 Å². The number of hydrogen-bond acceptors (Lipinski definition) is 8. The van der Waals surface area contributed by atoms with Crippen LogP contribution in [0.2, 0.25) is 0 Å². The van der Waals surface area contributed by atoms with Gasteiger partial charge in [0, 0.05) is 0 Å². The summed E-state index contributed by atoms with van der Waals surface area (Å²) in [5, 5.41) is 0. The second-order valence-electron chi connectivity index (χ2n) is 4.48. The summed E-state index contributed by atoms with van der Waals surface area (Å²) in [5.74, 6) is 0. The highest BCUT2D eigenvalue weighted by atomic mass is 16.6. The topological polar surface area (TPSA) is 73.8 Å². The van der Waals surface area contributed by atoms with Crippen LogP contribution in [0.25, 0.3) is 0 Å². The van der Waals surface area contributed by atoms with E-state index >= 15 is 0 Å². The van der Waals surface area contributed by atoms with Crippen LogP contribution in [0.3, 0.4) is 0 Å². The third-order valence-electron chi connectivity index (χ3n) is 2.62. The van der Waals surface area contributed by atoms with Crippen LogP contribution in [0.4, 0.5) is 0 Å². The molecular weight excluding hydrogens is 320 g/mol. The van der Waals surface area contributed by atoms with Crippen LogP contribution in [0.5, 0.6) is 0 Å². The molecule has 8 nitrogen and oxygen atoms in total. The van der Waals surface area contributed by atoms with Gasteiger partial charge in [-0.1, -0.05) is 0 Å². The Bertz CT molecular complexity index is 250. The van der Waals surface area contributed by atoms with Crippen molar-refractivity contribution in [2.75, 3.05) is 79.3 Å². The van der Waals surface area contributed by atoms with Gasteiger partial charge in [-0.05, 0) is 0 Å². The normalized spacial score (nSPS) is 21.3. The molecule has 0 unspecified atom stereocenters. The van der Waals surface area contributed by atoms with Gasteiger partial charge in [0.1, 0.15) is 51.5 Å². The third-order valence-corrected chi connectivity index (χ3v) is 2.62. The summed E-state index contributed by atoms with van der Waals surface area (Å²) in [6.45, 7) is 5.87. The Hall–Kier alpha value is -1.48. The second kappa shape index (κ2) is 17.9. The van der Waals surface area contributed by atoms with Gasteiger partial charge in [-0.2, -0.15) is 0 Å². The zero-order valence-corrected chi connectivity index (χ0v) is 14.1. The Morgan fingerprint density at radius 3 is 0.750 bits per heavy atom. The Balaban J connectivity index is 2.09. The first kappa shape index (κ1) is 20.6. The van der Waals surface area contributed by atoms with Crippen molar-refractivity contribution < 1.29 is 37.9 Å². The van der Waals surface area contributed by atoms with Crippen molar-refractivity contribution in [2.45, 2.75) is 0 Å². The summed E-state index contributed by atoms with van der Waals surface area (Å²) in [4.78, 5) is 0. The second-order valence-corrected chi connectivity index (χ2v) is 4.48. The van der Waals surface area contributed by atoms with Crippen LogP contribution in [0, 0.1) is 0 Å². The van der Waals surface area contributed by atoms with Crippen molar-refractivity contribution in [1.82, 2.24) is 0 Å². The summed E-state index contributed by atoms with van der Waals surface area (Å²) in [7, 11) is 0. The van der Waals surface area contributed by atoms with Gasteiger partial charge in [0.05, 0.1) is 52.9 Å². The lowest BCUT2D eigenvalue weighted by Gasteiger charge is -2.07. The molecule has 1 heterocycles. The van der Waals surface area contributed by atoms with Crippen LogP contribution >= 0.6 is 0 Å². The summed E-state index contributed by atoms with van der Waals surface area (Å²) < 4.78 is 42.2. The zero-order valence-electron chi connectivity index (χ0n) is 14.1. The Kier molecular flexibility index (Phi) is 15.3. The molecule has 0 spiro atoms. The van der Waals surface area contributed by atoms with E-state index in [4.69, 9.17) is 37.9 Å². The maximum Gasteiger partial charge on any atom is 0.117 e. The fraction of sp³-hybridized carbons (Fsp3) is 0.750. The minimum atomic E-state index is 0.460. The average Bonchev–Trinajstić information content (AvgIpc) is 2.59. The van der Waals surface area contributed by atoms with Gasteiger partial charge >= 0.3 is 0 Å². The first-order valence-electron chi connectivity index (χ1n) is 8.07. The summed E-state index contributed by atoms with van der Waals surface area (Å²) in [6, 6.07) is 0. The molecule has 0 amide bonds. The molecular formula is C16H28O8. The van der Waals surface area contributed by atoms with Gasteiger partial charge in [-0.3, -0.25) is 0 Å². The van der Waals surface area contributed by atoms with E-state index in [1.807, 2.05) is 0 Å². The molecule has 0 saturated carbocycles. The molecule has 0 aromatic heterocycles. The molecule has 1 aliphatic heterocycles. The van der Waals surface area contributed by atoms with Crippen molar-refractivity contribution in [3.05, 3.63) is 25.0 Å². The smallest absolute Gasteiger partial charge is 0.117 e. The molecule has 8 heteroatoms. The van der Waals surface area contributed by atoms with Gasteiger partial charge < -0.3 is 37.9 Å². The Labute approximate surface area is 143 Å². The van der Waals surface area contributed by atoms with Crippen molar-refractivity contribution in [3.8, 4) is 0 Å². The van der Waals surface area contributed by atoms with E-state index in [1.54, 1.807) is 0 Å².